The van der Waals surface area contributed by atoms with E-state index in [1.165, 1.54) is 5.56 Å². The summed E-state index contributed by atoms with van der Waals surface area (Å²) in [4.78, 5) is 14.8. The lowest BCUT2D eigenvalue weighted by Crippen LogP contribution is -2.35. The quantitative estimate of drug-likeness (QED) is 0.704. The van der Waals surface area contributed by atoms with E-state index in [4.69, 9.17) is 18.6 Å². The first-order chi connectivity index (χ1) is 13.1. The number of hydrogen-bond acceptors (Lipinski definition) is 5. The summed E-state index contributed by atoms with van der Waals surface area (Å²) in [6, 6.07) is 11.3. The zero-order valence-electron chi connectivity index (χ0n) is 15.6. The Kier molecular flexibility index (Phi) is 4.39. The van der Waals surface area contributed by atoms with Gasteiger partial charge in [-0.25, -0.2) is 0 Å². The first kappa shape index (κ1) is 17.3. The van der Waals surface area contributed by atoms with Gasteiger partial charge in [-0.15, -0.1) is 0 Å². The largest absolute Gasteiger partial charge is 0.493 e. The van der Waals surface area contributed by atoms with Crippen LogP contribution in [-0.2, 0) is 13.0 Å². The van der Waals surface area contributed by atoms with E-state index >= 15 is 0 Å². The van der Waals surface area contributed by atoms with E-state index in [-0.39, 0.29) is 5.91 Å². The molecule has 6 nitrogen and oxygen atoms in total. The number of carbonyl (C=O) groups excluding carboxylic acids is 1. The summed E-state index contributed by atoms with van der Waals surface area (Å²) >= 11 is 0. The molecule has 1 aliphatic heterocycles. The van der Waals surface area contributed by atoms with Gasteiger partial charge in [-0.1, -0.05) is 12.1 Å². The summed E-state index contributed by atoms with van der Waals surface area (Å²) in [7, 11) is 4.82. The molecule has 0 saturated heterocycles. The molecular weight excluding hydrogens is 346 g/mol. The van der Waals surface area contributed by atoms with Crippen molar-refractivity contribution in [1.82, 2.24) is 4.90 Å². The molecule has 0 aliphatic carbocycles. The normalized spacial score (nSPS) is 13.4. The van der Waals surface area contributed by atoms with Gasteiger partial charge in [0.2, 0.25) is 0 Å². The lowest BCUT2D eigenvalue weighted by atomic mass is 9.98. The Bertz CT molecular complexity index is 1010. The summed E-state index contributed by atoms with van der Waals surface area (Å²) in [5.74, 6) is 2.18. The highest BCUT2D eigenvalue weighted by atomic mass is 16.5. The van der Waals surface area contributed by atoms with Crippen LogP contribution in [0.2, 0.25) is 0 Å². The molecule has 0 N–H and O–H groups in total. The van der Waals surface area contributed by atoms with E-state index in [2.05, 4.69) is 0 Å². The zero-order valence-corrected chi connectivity index (χ0v) is 15.6. The maximum Gasteiger partial charge on any atom is 0.289 e. The molecule has 0 spiro atoms. The van der Waals surface area contributed by atoms with E-state index in [1.807, 2.05) is 30.3 Å². The van der Waals surface area contributed by atoms with Crippen molar-refractivity contribution in [3.05, 3.63) is 53.3 Å². The number of nitrogens with zero attached hydrogens (tertiary/aromatic N) is 1. The van der Waals surface area contributed by atoms with E-state index in [1.54, 1.807) is 32.3 Å². The van der Waals surface area contributed by atoms with Gasteiger partial charge in [-0.05, 0) is 41.8 Å². The summed E-state index contributed by atoms with van der Waals surface area (Å²) in [5, 5.41) is 0.849. The Labute approximate surface area is 157 Å². The maximum atomic E-state index is 13.0. The van der Waals surface area contributed by atoms with Gasteiger partial charge in [0, 0.05) is 18.5 Å². The van der Waals surface area contributed by atoms with Crippen LogP contribution < -0.4 is 14.2 Å². The summed E-state index contributed by atoms with van der Waals surface area (Å²) < 4.78 is 21.9. The highest BCUT2D eigenvalue weighted by Gasteiger charge is 2.26. The van der Waals surface area contributed by atoms with Crippen molar-refractivity contribution >= 4 is 16.9 Å². The molecule has 1 aliphatic rings. The number of furan rings is 1. The van der Waals surface area contributed by atoms with E-state index in [9.17, 15) is 4.79 Å². The molecule has 0 fully saturated rings. The van der Waals surface area contributed by atoms with Crippen LogP contribution >= 0.6 is 0 Å². The molecule has 1 aromatic heterocycles. The van der Waals surface area contributed by atoms with Crippen molar-refractivity contribution in [1.29, 1.82) is 0 Å². The standard InChI is InChI=1S/C21H21NO5/c1-24-16-6-4-5-14-10-19(27-20(14)16)21(23)22-8-7-13-9-17(25-2)18(26-3)11-15(13)12-22/h4-6,9-11H,7-8,12H2,1-3H3. The molecule has 4 rings (SSSR count). The molecule has 6 heteroatoms. The van der Waals surface area contributed by atoms with Crippen LogP contribution in [-0.4, -0.2) is 38.7 Å². The third-order valence-electron chi connectivity index (χ3n) is 4.94. The maximum absolute atomic E-state index is 13.0. The van der Waals surface area contributed by atoms with E-state index < -0.39 is 0 Å². The number of methoxy groups -OCH3 is 3. The second-order valence-electron chi connectivity index (χ2n) is 6.44. The third-order valence-corrected chi connectivity index (χ3v) is 4.94. The summed E-state index contributed by atoms with van der Waals surface area (Å²) in [6.07, 6.45) is 0.755. The zero-order chi connectivity index (χ0) is 19.0. The van der Waals surface area contributed by atoms with Crippen LogP contribution in [0.25, 0.3) is 11.0 Å². The average molecular weight is 367 g/mol. The molecule has 1 amide bonds. The van der Waals surface area contributed by atoms with Crippen LogP contribution in [0.3, 0.4) is 0 Å². The molecule has 140 valence electrons. The van der Waals surface area contributed by atoms with Crippen molar-refractivity contribution in [2.24, 2.45) is 0 Å². The van der Waals surface area contributed by atoms with E-state index in [0.717, 1.165) is 17.4 Å². The minimum absolute atomic E-state index is 0.131. The van der Waals surface area contributed by atoms with Crippen LogP contribution in [0.1, 0.15) is 21.7 Å². The van der Waals surface area contributed by atoms with Gasteiger partial charge in [-0.2, -0.15) is 0 Å². The molecule has 0 saturated carbocycles. The molecule has 27 heavy (non-hydrogen) atoms. The second kappa shape index (κ2) is 6.87. The lowest BCUT2D eigenvalue weighted by molar-refractivity contribution is 0.0704. The fraction of sp³-hybridized carbons (Fsp3) is 0.286. The fourth-order valence-corrected chi connectivity index (χ4v) is 3.51. The molecular formula is C21H21NO5. The summed E-state index contributed by atoms with van der Waals surface area (Å²) in [6.45, 7) is 1.12. The molecule has 2 aromatic carbocycles. The minimum Gasteiger partial charge on any atom is -0.493 e. The smallest absolute Gasteiger partial charge is 0.289 e. The van der Waals surface area contributed by atoms with Crippen molar-refractivity contribution in [3.8, 4) is 17.2 Å². The van der Waals surface area contributed by atoms with Gasteiger partial charge in [0.25, 0.3) is 5.91 Å². The Balaban J connectivity index is 1.63. The third kappa shape index (κ3) is 2.97. The predicted octanol–water partition coefficient (Wildman–Crippen LogP) is 3.66. The molecule has 0 radical (unpaired) electrons. The van der Waals surface area contributed by atoms with Crippen LogP contribution in [0, 0.1) is 0 Å². The monoisotopic (exact) mass is 367 g/mol. The van der Waals surface area contributed by atoms with Gasteiger partial charge in [-0.3, -0.25) is 4.79 Å². The number of hydrogen-bond donors (Lipinski definition) is 0. The number of ether oxygens (including phenoxy) is 3. The van der Waals surface area contributed by atoms with Crippen molar-refractivity contribution in [3.63, 3.8) is 0 Å². The average Bonchev–Trinajstić information content (AvgIpc) is 3.16. The highest BCUT2D eigenvalue weighted by Crippen LogP contribution is 2.34. The topological polar surface area (TPSA) is 61.1 Å². The number of benzene rings is 2. The van der Waals surface area contributed by atoms with Crippen LogP contribution in [0.15, 0.2) is 40.8 Å². The molecule has 0 unspecified atom stereocenters. The van der Waals surface area contributed by atoms with Gasteiger partial charge in [0.15, 0.2) is 28.6 Å². The molecule has 0 atom stereocenters. The van der Waals surface area contributed by atoms with Crippen molar-refractivity contribution in [2.45, 2.75) is 13.0 Å². The predicted molar refractivity (Wildman–Crippen MR) is 101 cm³/mol. The Morgan fingerprint density at radius 3 is 2.37 bits per heavy atom. The molecule has 2 heterocycles. The SMILES string of the molecule is COc1cc2c(cc1OC)CN(C(=O)c1cc3cccc(OC)c3o1)CC2. The van der Waals surface area contributed by atoms with Gasteiger partial charge < -0.3 is 23.5 Å². The number of fused-ring (bicyclic) bond motifs is 2. The summed E-state index contributed by atoms with van der Waals surface area (Å²) in [5.41, 5.74) is 2.82. The number of amides is 1. The van der Waals surface area contributed by atoms with Crippen molar-refractivity contribution < 1.29 is 23.4 Å². The Morgan fingerprint density at radius 1 is 0.963 bits per heavy atom. The highest BCUT2D eigenvalue weighted by molar-refractivity contribution is 5.97. The molecule has 3 aromatic rings. The number of rotatable bonds is 4. The second-order valence-corrected chi connectivity index (χ2v) is 6.44. The lowest BCUT2D eigenvalue weighted by Gasteiger charge is -2.29. The Morgan fingerprint density at radius 2 is 1.67 bits per heavy atom. The molecule has 0 bridgehead atoms. The van der Waals surface area contributed by atoms with Crippen LogP contribution in [0.4, 0.5) is 0 Å². The fourth-order valence-electron chi connectivity index (χ4n) is 3.51. The Hall–Kier alpha value is -3.15. The van der Waals surface area contributed by atoms with Crippen molar-refractivity contribution in [2.75, 3.05) is 27.9 Å². The number of carbonyl (C=O) groups is 1. The van der Waals surface area contributed by atoms with Gasteiger partial charge in [0.05, 0.1) is 21.3 Å². The number of para-hydroxylation sites is 1. The van der Waals surface area contributed by atoms with E-state index in [0.29, 0.717) is 41.7 Å². The minimum atomic E-state index is -0.131. The first-order valence-electron chi connectivity index (χ1n) is 8.74. The first-order valence-corrected chi connectivity index (χ1v) is 8.74. The van der Waals surface area contributed by atoms with Crippen LogP contribution in [0.5, 0.6) is 17.2 Å². The van der Waals surface area contributed by atoms with Gasteiger partial charge >= 0.3 is 0 Å². The van der Waals surface area contributed by atoms with Gasteiger partial charge in [0.1, 0.15) is 0 Å².